The van der Waals surface area contributed by atoms with Crippen molar-refractivity contribution < 1.29 is 0 Å². The van der Waals surface area contributed by atoms with Crippen molar-refractivity contribution in [1.82, 2.24) is 19.6 Å². The van der Waals surface area contributed by atoms with Crippen LogP contribution in [0.2, 0.25) is 0 Å². The van der Waals surface area contributed by atoms with Gasteiger partial charge in [-0.05, 0) is 44.0 Å². The second kappa shape index (κ2) is 7.93. The second-order valence-electron chi connectivity index (χ2n) is 7.07. The molecule has 1 N–H and O–H groups in total. The summed E-state index contributed by atoms with van der Waals surface area (Å²) in [5.41, 5.74) is 2.26. The van der Waals surface area contributed by atoms with Crippen LogP contribution in [0.25, 0.3) is 5.65 Å². The van der Waals surface area contributed by atoms with Gasteiger partial charge in [-0.3, -0.25) is 4.90 Å². The molecule has 1 aliphatic rings. The SMILES string of the molecule is CC(C)C(CNCc1cnc2ccccn12)N1CCCCCC1. The Balaban J connectivity index is 1.58. The molecule has 3 heterocycles. The Morgan fingerprint density at radius 1 is 1.13 bits per heavy atom. The summed E-state index contributed by atoms with van der Waals surface area (Å²) in [5.74, 6) is 0.683. The molecule has 0 spiro atoms. The Morgan fingerprint density at radius 3 is 2.65 bits per heavy atom. The smallest absolute Gasteiger partial charge is 0.136 e. The first kappa shape index (κ1) is 16.5. The van der Waals surface area contributed by atoms with E-state index in [-0.39, 0.29) is 0 Å². The van der Waals surface area contributed by atoms with Crippen LogP contribution >= 0.6 is 0 Å². The molecular weight excluding hydrogens is 284 g/mol. The maximum atomic E-state index is 4.47. The molecule has 1 atom stereocenters. The topological polar surface area (TPSA) is 32.6 Å². The Labute approximate surface area is 139 Å². The lowest BCUT2D eigenvalue weighted by Crippen LogP contribution is -2.46. The predicted molar refractivity (Wildman–Crippen MR) is 95.6 cm³/mol. The number of likely N-dealkylation sites (tertiary alicyclic amines) is 1. The Kier molecular flexibility index (Phi) is 5.68. The van der Waals surface area contributed by atoms with Crippen LogP contribution in [-0.2, 0) is 6.54 Å². The quantitative estimate of drug-likeness (QED) is 0.888. The number of pyridine rings is 1. The Hall–Kier alpha value is -1.39. The van der Waals surface area contributed by atoms with Crippen molar-refractivity contribution in [2.45, 2.75) is 52.1 Å². The number of rotatable bonds is 6. The van der Waals surface area contributed by atoms with Crippen LogP contribution in [0.15, 0.2) is 30.6 Å². The van der Waals surface area contributed by atoms with Gasteiger partial charge in [0.2, 0.25) is 0 Å². The molecule has 0 amide bonds. The Morgan fingerprint density at radius 2 is 1.91 bits per heavy atom. The summed E-state index contributed by atoms with van der Waals surface area (Å²) in [6.45, 7) is 9.16. The van der Waals surface area contributed by atoms with Crippen molar-refractivity contribution in [2.75, 3.05) is 19.6 Å². The highest BCUT2D eigenvalue weighted by Gasteiger charge is 2.22. The molecule has 126 valence electrons. The van der Waals surface area contributed by atoms with Crippen molar-refractivity contribution in [2.24, 2.45) is 5.92 Å². The van der Waals surface area contributed by atoms with Crippen LogP contribution in [0.1, 0.15) is 45.2 Å². The van der Waals surface area contributed by atoms with Crippen molar-refractivity contribution >= 4 is 5.65 Å². The molecule has 2 aromatic heterocycles. The summed E-state index contributed by atoms with van der Waals surface area (Å²) in [4.78, 5) is 7.17. The molecule has 1 aliphatic heterocycles. The molecule has 0 radical (unpaired) electrons. The molecule has 23 heavy (non-hydrogen) atoms. The Bertz CT molecular complexity index is 596. The maximum Gasteiger partial charge on any atom is 0.136 e. The molecule has 1 saturated heterocycles. The van der Waals surface area contributed by atoms with Gasteiger partial charge in [0.1, 0.15) is 5.65 Å². The molecule has 0 bridgehead atoms. The third-order valence-corrected chi connectivity index (χ3v) is 5.03. The van der Waals surface area contributed by atoms with Crippen LogP contribution in [0.3, 0.4) is 0 Å². The van der Waals surface area contributed by atoms with E-state index in [2.05, 4.69) is 51.8 Å². The molecule has 0 saturated carbocycles. The van der Waals surface area contributed by atoms with Crippen molar-refractivity contribution in [3.63, 3.8) is 0 Å². The highest BCUT2D eigenvalue weighted by Crippen LogP contribution is 2.17. The monoisotopic (exact) mass is 314 g/mol. The molecule has 1 fully saturated rings. The first-order valence-electron chi connectivity index (χ1n) is 9.11. The maximum absolute atomic E-state index is 4.47. The second-order valence-corrected chi connectivity index (χ2v) is 7.07. The molecule has 0 aliphatic carbocycles. The highest BCUT2D eigenvalue weighted by atomic mass is 15.2. The van der Waals surface area contributed by atoms with E-state index < -0.39 is 0 Å². The zero-order valence-electron chi connectivity index (χ0n) is 14.5. The summed E-state index contributed by atoms with van der Waals surface area (Å²) in [6.07, 6.45) is 9.59. The van der Waals surface area contributed by atoms with Gasteiger partial charge in [-0.1, -0.05) is 32.8 Å². The van der Waals surface area contributed by atoms with E-state index in [9.17, 15) is 0 Å². The van der Waals surface area contributed by atoms with E-state index in [0.29, 0.717) is 12.0 Å². The van der Waals surface area contributed by atoms with Gasteiger partial charge in [-0.2, -0.15) is 0 Å². The first-order valence-corrected chi connectivity index (χ1v) is 9.11. The fourth-order valence-electron chi connectivity index (χ4n) is 3.68. The van der Waals surface area contributed by atoms with Gasteiger partial charge in [0.15, 0.2) is 0 Å². The number of hydrogen-bond donors (Lipinski definition) is 1. The minimum absolute atomic E-state index is 0.632. The first-order chi connectivity index (χ1) is 11.3. The van der Waals surface area contributed by atoms with E-state index in [1.54, 1.807) is 0 Å². The van der Waals surface area contributed by atoms with Gasteiger partial charge in [-0.25, -0.2) is 4.98 Å². The van der Waals surface area contributed by atoms with E-state index in [1.165, 1.54) is 44.5 Å². The van der Waals surface area contributed by atoms with Crippen LogP contribution in [-0.4, -0.2) is 40.0 Å². The van der Waals surface area contributed by atoms with Crippen molar-refractivity contribution in [3.05, 3.63) is 36.3 Å². The predicted octanol–water partition coefficient (Wildman–Crippen LogP) is 3.32. The third kappa shape index (κ3) is 4.12. The highest BCUT2D eigenvalue weighted by molar-refractivity contribution is 5.39. The van der Waals surface area contributed by atoms with Crippen molar-refractivity contribution in [1.29, 1.82) is 0 Å². The normalized spacial score (nSPS) is 18.4. The van der Waals surface area contributed by atoms with E-state index in [0.717, 1.165) is 18.7 Å². The van der Waals surface area contributed by atoms with E-state index in [4.69, 9.17) is 0 Å². The molecular formula is C19H30N4. The van der Waals surface area contributed by atoms with Gasteiger partial charge in [0.05, 0.1) is 11.9 Å². The zero-order chi connectivity index (χ0) is 16.1. The van der Waals surface area contributed by atoms with Crippen LogP contribution in [0.4, 0.5) is 0 Å². The minimum atomic E-state index is 0.632. The van der Waals surface area contributed by atoms with Gasteiger partial charge < -0.3 is 9.72 Å². The molecule has 1 unspecified atom stereocenters. The average Bonchev–Trinajstić information content (AvgIpc) is 2.77. The summed E-state index contributed by atoms with van der Waals surface area (Å²) in [6, 6.07) is 6.78. The number of nitrogens with zero attached hydrogens (tertiary/aromatic N) is 3. The lowest BCUT2D eigenvalue weighted by molar-refractivity contribution is 0.156. The van der Waals surface area contributed by atoms with Crippen LogP contribution < -0.4 is 5.32 Å². The van der Waals surface area contributed by atoms with Crippen LogP contribution in [0.5, 0.6) is 0 Å². The summed E-state index contributed by atoms with van der Waals surface area (Å²) in [5, 5.41) is 3.68. The lowest BCUT2D eigenvalue weighted by atomic mass is 10.0. The van der Waals surface area contributed by atoms with Crippen molar-refractivity contribution in [3.8, 4) is 0 Å². The summed E-state index contributed by atoms with van der Waals surface area (Å²) < 4.78 is 2.17. The fraction of sp³-hybridized carbons (Fsp3) is 0.632. The standard InChI is InChI=1S/C19H30N4/c1-16(2)18(22-10-6-3-4-7-11-22)15-20-13-17-14-21-19-9-5-8-12-23(17)19/h5,8-9,12,14,16,18,20H,3-4,6-7,10-11,13,15H2,1-2H3. The van der Waals surface area contributed by atoms with Crippen LogP contribution in [0, 0.1) is 5.92 Å². The lowest BCUT2D eigenvalue weighted by Gasteiger charge is -2.33. The summed E-state index contributed by atoms with van der Waals surface area (Å²) >= 11 is 0. The average molecular weight is 314 g/mol. The number of nitrogens with one attached hydrogen (secondary N) is 1. The number of aromatic nitrogens is 2. The van der Waals surface area contributed by atoms with E-state index in [1.807, 2.05) is 12.3 Å². The van der Waals surface area contributed by atoms with E-state index >= 15 is 0 Å². The largest absolute Gasteiger partial charge is 0.310 e. The molecule has 0 aromatic carbocycles. The molecule has 4 heteroatoms. The number of fused-ring (bicyclic) bond motifs is 1. The minimum Gasteiger partial charge on any atom is -0.310 e. The van der Waals surface area contributed by atoms with Gasteiger partial charge in [-0.15, -0.1) is 0 Å². The fourth-order valence-corrected chi connectivity index (χ4v) is 3.68. The molecule has 2 aromatic rings. The zero-order valence-corrected chi connectivity index (χ0v) is 14.5. The third-order valence-electron chi connectivity index (χ3n) is 5.03. The number of hydrogen-bond acceptors (Lipinski definition) is 3. The number of imidazole rings is 1. The molecule has 4 nitrogen and oxygen atoms in total. The van der Waals surface area contributed by atoms with Gasteiger partial charge in [0, 0.05) is 25.3 Å². The van der Waals surface area contributed by atoms with Gasteiger partial charge >= 0.3 is 0 Å². The van der Waals surface area contributed by atoms with Gasteiger partial charge in [0.25, 0.3) is 0 Å². The molecule has 3 rings (SSSR count). The summed E-state index contributed by atoms with van der Waals surface area (Å²) in [7, 11) is 0.